The van der Waals surface area contributed by atoms with Crippen LogP contribution in [0, 0.1) is 0 Å². The number of imide groups is 1. The van der Waals surface area contributed by atoms with Gasteiger partial charge in [0.05, 0.1) is 16.3 Å². The molecule has 0 radical (unpaired) electrons. The summed E-state index contributed by atoms with van der Waals surface area (Å²) in [6.07, 6.45) is 0.0620. The van der Waals surface area contributed by atoms with Gasteiger partial charge in [0.2, 0.25) is 5.91 Å². The topological polar surface area (TPSA) is 72.5 Å². The lowest BCUT2D eigenvalue weighted by molar-refractivity contribution is -0.132. The third kappa shape index (κ3) is 5.35. The highest BCUT2D eigenvalue weighted by Crippen LogP contribution is 2.31. The number of carbonyl (C=O) groups excluding carboxylic acids is 3. The summed E-state index contributed by atoms with van der Waals surface area (Å²) in [6, 6.07) is 10.3. The first kappa shape index (κ1) is 17.5. The maximum atomic E-state index is 11.7. The normalized spacial score (nSPS) is 10.2. The van der Waals surface area contributed by atoms with Gasteiger partial charge in [-0.15, -0.1) is 11.3 Å². The molecular formula is C15H11Cl2NO4S. The van der Waals surface area contributed by atoms with E-state index in [-0.39, 0.29) is 16.3 Å². The van der Waals surface area contributed by atoms with Crippen molar-refractivity contribution in [3.8, 4) is 0 Å². The fourth-order valence-electron chi connectivity index (χ4n) is 1.71. The average Bonchev–Trinajstić information content (AvgIpc) is 2.84. The van der Waals surface area contributed by atoms with Gasteiger partial charge in [-0.3, -0.25) is 14.9 Å². The third-order valence-electron chi connectivity index (χ3n) is 2.70. The van der Waals surface area contributed by atoms with Crippen LogP contribution in [0.4, 0.5) is 0 Å². The smallest absolute Gasteiger partial charge is 0.341 e. The van der Waals surface area contributed by atoms with Crippen LogP contribution in [0.5, 0.6) is 0 Å². The van der Waals surface area contributed by atoms with Gasteiger partial charge in [-0.1, -0.05) is 53.5 Å². The number of amides is 2. The van der Waals surface area contributed by atoms with Crippen molar-refractivity contribution < 1.29 is 19.1 Å². The highest BCUT2D eigenvalue weighted by molar-refractivity contribution is 7.20. The van der Waals surface area contributed by atoms with Crippen LogP contribution < -0.4 is 5.32 Å². The van der Waals surface area contributed by atoms with Crippen LogP contribution in [0.2, 0.25) is 8.67 Å². The van der Waals surface area contributed by atoms with Crippen LogP contribution >= 0.6 is 34.5 Å². The Bertz CT molecular complexity index is 730. The molecule has 0 unspecified atom stereocenters. The van der Waals surface area contributed by atoms with Crippen LogP contribution in [-0.2, 0) is 20.7 Å². The Morgan fingerprint density at radius 2 is 1.78 bits per heavy atom. The molecule has 2 amide bonds. The summed E-state index contributed by atoms with van der Waals surface area (Å²) in [5, 5.41) is 2.14. The van der Waals surface area contributed by atoms with Gasteiger partial charge in [-0.25, -0.2) is 4.79 Å². The maximum absolute atomic E-state index is 11.7. The van der Waals surface area contributed by atoms with Crippen LogP contribution in [-0.4, -0.2) is 24.4 Å². The first-order valence-corrected chi connectivity index (χ1v) is 8.01. The zero-order chi connectivity index (χ0) is 16.8. The molecular weight excluding hydrogens is 361 g/mol. The van der Waals surface area contributed by atoms with Gasteiger partial charge in [0.15, 0.2) is 6.61 Å². The average molecular weight is 372 g/mol. The first-order valence-electron chi connectivity index (χ1n) is 6.44. The van der Waals surface area contributed by atoms with Crippen LogP contribution in [0.25, 0.3) is 0 Å². The number of rotatable bonds is 5. The summed E-state index contributed by atoms with van der Waals surface area (Å²) in [5.74, 6) is -1.96. The quantitative estimate of drug-likeness (QED) is 0.819. The van der Waals surface area contributed by atoms with E-state index in [4.69, 9.17) is 27.9 Å². The van der Waals surface area contributed by atoms with Crippen LogP contribution in [0.1, 0.15) is 15.9 Å². The molecule has 0 fully saturated rings. The monoisotopic (exact) mass is 371 g/mol. The Morgan fingerprint density at radius 3 is 2.39 bits per heavy atom. The molecule has 1 aromatic heterocycles. The molecule has 8 heteroatoms. The van der Waals surface area contributed by atoms with E-state index in [2.05, 4.69) is 5.32 Å². The standard InChI is InChI=1S/C15H11Cl2NO4S/c16-11-7-10(14(17)23-11)15(21)22-8-13(20)18-12(19)6-9-4-2-1-3-5-9/h1-5,7H,6,8H2,(H,18,19,20). The van der Waals surface area contributed by atoms with Crippen molar-refractivity contribution in [2.45, 2.75) is 6.42 Å². The molecule has 0 aliphatic rings. The number of thiophene rings is 1. The minimum Gasteiger partial charge on any atom is -0.452 e. The second-order valence-corrected chi connectivity index (χ2v) is 6.73. The Morgan fingerprint density at radius 1 is 1.09 bits per heavy atom. The number of ether oxygens (including phenoxy) is 1. The molecule has 0 saturated carbocycles. The van der Waals surface area contributed by atoms with Gasteiger partial charge >= 0.3 is 5.97 Å². The van der Waals surface area contributed by atoms with Gasteiger partial charge in [-0.2, -0.15) is 0 Å². The molecule has 1 aromatic carbocycles. The summed E-state index contributed by atoms with van der Waals surface area (Å²) >= 11 is 12.5. The summed E-state index contributed by atoms with van der Waals surface area (Å²) in [4.78, 5) is 35.0. The molecule has 0 bridgehead atoms. The Kier molecular flexibility index (Phi) is 6.15. The Hall–Kier alpha value is -1.89. The van der Waals surface area contributed by atoms with Gasteiger partial charge < -0.3 is 4.74 Å². The molecule has 1 heterocycles. The largest absolute Gasteiger partial charge is 0.452 e. The lowest BCUT2D eigenvalue weighted by Crippen LogP contribution is -2.35. The molecule has 120 valence electrons. The Balaban J connectivity index is 1.80. The lowest BCUT2D eigenvalue weighted by atomic mass is 10.1. The minimum atomic E-state index is -0.774. The summed E-state index contributed by atoms with van der Waals surface area (Å²) in [5.41, 5.74) is 0.861. The lowest BCUT2D eigenvalue weighted by Gasteiger charge is -2.05. The van der Waals surface area contributed by atoms with E-state index < -0.39 is 24.4 Å². The third-order valence-corrected chi connectivity index (χ3v) is 4.18. The van der Waals surface area contributed by atoms with Crippen LogP contribution in [0.3, 0.4) is 0 Å². The molecule has 0 aliphatic heterocycles. The predicted octanol–water partition coefficient (Wildman–Crippen LogP) is 3.10. The molecule has 23 heavy (non-hydrogen) atoms. The van der Waals surface area contributed by atoms with Crippen molar-refractivity contribution in [3.05, 3.63) is 56.2 Å². The second-order valence-electron chi connectivity index (χ2n) is 4.45. The van der Waals surface area contributed by atoms with E-state index in [0.717, 1.165) is 16.9 Å². The fraction of sp³-hybridized carbons (Fsp3) is 0.133. The number of hydrogen-bond donors (Lipinski definition) is 1. The summed E-state index contributed by atoms with van der Waals surface area (Å²) in [7, 11) is 0. The van der Waals surface area contributed by atoms with Gasteiger partial charge in [0, 0.05) is 0 Å². The minimum absolute atomic E-state index is 0.0620. The maximum Gasteiger partial charge on any atom is 0.341 e. The SMILES string of the molecule is O=C(COC(=O)c1cc(Cl)sc1Cl)NC(=O)Cc1ccccc1. The number of benzene rings is 1. The van der Waals surface area contributed by atoms with E-state index in [1.54, 1.807) is 24.3 Å². The molecule has 2 aromatic rings. The van der Waals surface area contributed by atoms with Crippen molar-refractivity contribution in [1.29, 1.82) is 0 Å². The van der Waals surface area contributed by atoms with Crippen molar-refractivity contribution in [2.75, 3.05) is 6.61 Å². The van der Waals surface area contributed by atoms with E-state index in [9.17, 15) is 14.4 Å². The molecule has 0 saturated heterocycles. The van der Waals surface area contributed by atoms with Gasteiger partial charge in [0.1, 0.15) is 4.34 Å². The summed E-state index contributed by atoms with van der Waals surface area (Å²) in [6.45, 7) is -0.580. The van der Waals surface area contributed by atoms with E-state index in [0.29, 0.717) is 4.34 Å². The zero-order valence-corrected chi connectivity index (χ0v) is 14.0. The number of esters is 1. The summed E-state index contributed by atoms with van der Waals surface area (Å²) < 4.78 is 5.31. The van der Waals surface area contributed by atoms with E-state index in [1.165, 1.54) is 6.07 Å². The number of halogens is 2. The highest BCUT2D eigenvalue weighted by Gasteiger charge is 2.17. The zero-order valence-electron chi connectivity index (χ0n) is 11.7. The molecule has 5 nitrogen and oxygen atoms in total. The second kappa shape index (κ2) is 8.10. The molecule has 1 N–H and O–H groups in total. The van der Waals surface area contributed by atoms with E-state index in [1.807, 2.05) is 6.07 Å². The van der Waals surface area contributed by atoms with Gasteiger partial charge in [-0.05, 0) is 11.6 Å². The molecule has 0 spiro atoms. The predicted molar refractivity (Wildman–Crippen MR) is 87.9 cm³/mol. The van der Waals surface area contributed by atoms with Gasteiger partial charge in [0.25, 0.3) is 5.91 Å². The number of carbonyl (C=O) groups is 3. The Labute approximate surface area is 146 Å². The van der Waals surface area contributed by atoms with Crippen molar-refractivity contribution >= 4 is 52.3 Å². The molecule has 2 rings (SSSR count). The van der Waals surface area contributed by atoms with E-state index >= 15 is 0 Å². The number of hydrogen-bond acceptors (Lipinski definition) is 5. The van der Waals surface area contributed by atoms with Crippen molar-refractivity contribution in [2.24, 2.45) is 0 Å². The first-order chi connectivity index (χ1) is 11.0. The van der Waals surface area contributed by atoms with Crippen molar-refractivity contribution in [1.82, 2.24) is 5.32 Å². The van der Waals surface area contributed by atoms with Crippen LogP contribution in [0.15, 0.2) is 36.4 Å². The number of nitrogens with one attached hydrogen (secondary N) is 1. The fourth-order valence-corrected chi connectivity index (χ4v) is 3.15. The van der Waals surface area contributed by atoms with Crippen molar-refractivity contribution in [3.63, 3.8) is 0 Å². The highest BCUT2D eigenvalue weighted by atomic mass is 35.5. The molecule has 0 atom stereocenters. The molecule has 0 aliphatic carbocycles.